The molecule has 3 aromatic carbocycles. The Morgan fingerprint density at radius 1 is 0.935 bits per heavy atom. The molecule has 2 saturated carbocycles. The van der Waals surface area contributed by atoms with Crippen LogP contribution in [0.4, 0.5) is 0 Å². The molecule has 0 saturated heterocycles. The maximum absolute atomic E-state index is 14.1. The van der Waals surface area contributed by atoms with Gasteiger partial charge in [0, 0.05) is 51.9 Å². The van der Waals surface area contributed by atoms with E-state index in [-0.39, 0.29) is 36.4 Å². The first-order chi connectivity index (χ1) is 22.1. The van der Waals surface area contributed by atoms with Gasteiger partial charge in [-0.1, -0.05) is 48.0 Å². The van der Waals surface area contributed by atoms with Crippen molar-refractivity contribution < 1.29 is 24.2 Å². The Balaban J connectivity index is 1.40. The second-order valence-corrected chi connectivity index (χ2v) is 13.8. The molecular weight excluding hydrogens is 600 g/mol. The minimum Gasteiger partial charge on any atom is -0.487 e. The van der Waals surface area contributed by atoms with Gasteiger partial charge >= 0.3 is 5.97 Å². The maximum atomic E-state index is 14.1. The molecule has 0 aliphatic heterocycles. The molecule has 7 nitrogen and oxygen atoms in total. The van der Waals surface area contributed by atoms with E-state index in [1.54, 1.807) is 13.8 Å². The number of carbonyl (C=O) groups is 3. The molecule has 0 amide bonds. The summed E-state index contributed by atoms with van der Waals surface area (Å²) in [5.74, 6) is -0.657. The molecule has 2 aliphatic carbocycles. The molecule has 0 unspecified atom stereocenters. The highest BCUT2D eigenvalue weighted by Crippen LogP contribution is 2.43. The van der Waals surface area contributed by atoms with Crippen LogP contribution in [0.3, 0.4) is 0 Å². The summed E-state index contributed by atoms with van der Waals surface area (Å²) in [5, 5.41) is 12.4. The van der Waals surface area contributed by atoms with E-state index in [1.807, 2.05) is 77.4 Å². The van der Waals surface area contributed by atoms with Crippen LogP contribution in [-0.2, 0) is 24.4 Å². The number of rotatable bonds is 12. The van der Waals surface area contributed by atoms with Crippen LogP contribution in [0.15, 0.2) is 72.8 Å². The van der Waals surface area contributed by atoms with E-state index in [1.165, 1.54) is 0 Å². The van der Waals surface area contributed by atoms with Crippen molar-refractivity contribution in [3.63, 3.8) is 0 Å². The van der Waals surface area contributed by atoms with Crippen LogP contribution >= 0.6 is 11.6 Å². The molecule has 0 bridgehead atoms. The average Bonchev–Trinajstić information content (AvgIpc) is 3.97. The molecule has 0 atom stereocenters. The number of nitrogens with zero attached hydrogens (tertiary/aromatic N) is 2. The van der Waals surface area contributed by atoms with Crippen LogP contribution in [0.5, 0.6) is 5.75 Å². The van der Waals surface area contributed by atoms with E-state index in [0.29, 0.717) is 39.5 Å². The first kappa shape index (κ1) is 30.2. The van der Waals surface area contributed by atoms with Gasteiger partial charge in [-0.15, -0.1) is 0 Å². The Hall–Kier alpha value is -4.49. The maximum Gasteiger partial charge on any atom is 0.309 e. The van der Waals surface area contributed by atoms with Crippen molar-refractivity contribution in [2.45, 2.75) is 59.1 Å². The fraction of sp³-hybridized carbons (Fsp3) is 0.316. The summed E-state index contributed by atoms with van der Waals surface area (Å²) in [6.45, 7) is 3.89. The zero-order valence-corrected chi connectivity index (χ0v) is 26.6. The van der Waals surface area contributed by atoms with Crippen LogP contribution in [0.25, 0.3) is 21.8 Å². The topological polar surface area (TPSA) is 98.5 Å². The lowest BCUT2D eigenvalue weighted by Gasteiger charge is -2.22. The predicted molar refractivity (Wildman–Crippen MR) is 178 cm³/mol. The van der Waals surface area contributed by atoms with E-state index >= 15 is 0 Å². The molecule has 5 aromatic rings. The van der Waals surface area contributed by atoms with Gasteiger partial charge in [0.15, 0.2) is 11.6 Å². The molecule has 7 rings (SSSR count). The second-order valence-electron chi connectivity index (χ2n) is 13.3. The zero-order chi connectivity index (χ0) is 32.2. The van der Waals surface area contributed by atoms with Crippen molar-refractivity contribution in [1.82, 2.24) is 9.55 Å². The van der Waals surface area contributed by atoms with Crippen molar-refractivity contribution in [3.8, 4) is 5.75 Å². The number of aromatic nitrogens is 2. The van der Waals surface area contributed by atoms with Gasteiger partial charge in [-0.3, -0.25) is 14.4 Å². The summed E-state index contributed by atoms with van der Waals surface area (Å²) in [7, 11) is 0. The molecule has 8 heteroatoms. The Kier molecular flexibility index (Phi) is 7.68. The standard InChI is InChI=1S/C38H35ClN2O5/c1-38(2,37(44)45)19-32-34(36(43)25-11-12-25)28-18-33(46-21-27-16-13-23-5-3-4-6-30(23)40-27)29(35(42)24-9-10-24)17-31(28)41(32)20-22-7-14-26(39)15-8-22/h3-8,13-18,24-25H,9-12,19-21H2,1-2H3,(H,44,45). The molecule has 2 heterocycles. The predicted octanol–water partition coefficient (Wildman–Crippen LogP) is 8.31. The number of fused-ring (bicyclic) bond motifs is 2. The number of carboxylic acid groups (broad SMARTS) is 1. The van der Waals surface area contributed by atoms with Crippen molar-refractivity contribution >= 4 is 50.9 Å². The highest BCUT2D eigenvalue weighted by atomic mass is 35.5. The molecule has 0 spiro atoms. The molecule has 0 radical (unpaired) electrons. The van der Waals surface area contributed by atoms with Gasteiger partial charge in [0.1, 0.15) is 12.4 Å². The Labute approximate surface area is 272 Å². The number of carbonyl (C=O) groups excluding carboxylic acids is 2. The molecular formula is C38H35ClN2O5. The number of ketones is 2. The first-order valence-corrected chi connectivity index (χ1v) is 16.2. The van der Waals surface area contributed by atoms with Crippen LogP contribution in [0, 0.1) is 17.3 Å². The smallest absolute Gasteiger partial charge is 0.309 e. The normalized spacial score (nSPS) is 14.9. The van der Waals surface area contributed by atoms with Crippen LogP contribution < -0.4 is 4.74 Å². The van der Waals surface area contributed by atoms with Gasteiger partial charge < -0.3 is 14.4 Å². The van der Waals surface area contributed by atoms with Gasteiger partial charge in [-0.2, -0.15) is 0 Å². The number of aliphatic carboxylic acids is 1. The Bertz CT molecular complexity index is 2020. The van der Waals surface area contributed by atoms with E-state index in [2.05, 4.69) is 0 Å². The lowest BCUT2D eigenvalue weighted by Crippen LogP contribution is -2.28. The monoisotopic (exact) mass is 634 g/mol. The van der Waals surface area contributed by atoms with Gasteiger partial charge in [-0.25, -0.2) is 4.98 Å². The average molecular weight is 635 g/mol. The second kappa shape index (κ2) is 11.7. The minimum absolute atomic E-state index is 0.0134. The fourth-order valence-electron chi connectivity index (χ4n) is 6.10. The van der Waals surface area contributed by atoms with Crippen molar-refractivity contribution in [2.75, 3.05) is 0 Å². The quantitative estimate of drug-likeness (QED) is 0.139. The van der Waals surface area contributed by atoms with Crippen LogP contribution in [0.1, 0.15) is 77.2 Å². The fourth-order valence-corrected chi connectivity index (χ4v) is 6.23. The molecule has 2 fully saturated rings. The van der Waals surface area contributed by atoms with E-state index in [4.69, 9.17) is 21.3 Å². The van der Waals surface area contributed by atoms with Crippen molar-refractivity contribution in [2.24, 2.45) is 17.3 Å². The summed E-state index contributed by atoms with van der Waals surface area (Å²) in [6.07, 6.45) is 3.41. The van der Waals surface area contributed by atoms with Gasteiger partial charge in [0.2, 0.25) is 0 Å². The lowest BCUT2D eigenvalue weighted by atomic mass is 9.85. The number of ether oxygens (including phenoxy) is 1. The van der Waals surface area contributed by atoms with Gasteiger partial charge in [0.05, 0.1) is 27.7 Å². The molecule has 234 valence electrons. The number of hydrogen-bond acceptors (Lipinski definition) is 5. The number of carboxylic acids is 1. The van der Waals surface area contributed by atoms with E-state index in [0.717, 1.165) is 53.4 Å². The zero-order valence-electron chi connectivity index (χ0n) is 25.9. The van der Waals surface area contributed by atoms with Gasteiger partial charge in [-0.05, 0) is 81.5 Å². The summed E-state index contributed by atoms with van der Waals surface area (Å²) in [5.41, 5.74) is 3.76. The number of Topliss-reactive ketones (excluding diaryl/α,β-unsaturated/α-hetero) is 2. The Morgan fingerprint density at radius 3 is 2.33 bits per heavy atom. The third kappa shape index (κ3) is 5.92. The minimum atomic E-state index is -1.14. The Morgan fingerprint density at radius 2 is 1.63 bits per heavy atom. The number of para-hydroxylation sites is 1. The molecule has 2 aliphatic rings. The number of benzene rings is 3. The lowest BCUT2D eigenvalue weighted by molar-refractivity contribution is -0.146. The molecule has 2 aromatic heterocycles. The highest BCUT2D eigenvalue weighted by Gasteiger charge is 2.39. The summed E-state index contributed by atoms with van der Waals surface area (Å²) >= 11 is 6.19. The third-order valence-corrected chi connectivity index (χ3v) is 9.41. The van der Waals surface area contributed by atoms with Crippen LogP contribution in [0.2, 0.25) is 5.02 Å². The van der Waals surface area contributed by atoms with Crippen molar-refractivity contribution in [3.05, 3.63) is 106 Å². The largest absolute Gasteiger partial charge is 0.487 e. The number of pyridine rings is 1. The number of hydrogen-bond donors (Lipinski definition) is 1. The SMILES string of the molecule is CC(C)(Cc1c(C(=O)C2CC2)c2cc(OCc3ccc4ccccc4n3)c(C(=O)C3CC3)cc2n1Cc1ccc(Cl)cc1)C(=O)O. The van der Waals surface area contributed by atoms with E-state index < -0.39 is 11.4 Å². The van der Waals surface area contributed by atoms with E-state index in [9.17, 15) is 19.5 Å². The summed E-state index contributed by atoms with van der Waals surface area (Å²) in [6, 6.07) is 22.9. The highest BCUT2D eigenvalue weighted by molar-refractivity contribution is 6.30. The van der Waals surface area contributed by atoms with Gasteiger partial charge in [0.25, 0.3) is 0 Å². The van der Waals surface area contributed by atoms with Crippen LogP contribution in [-0.4, -0.2) is 32.2 Å². The van der Waals surface area contributed by atoms with Crippen molar-refractivity contribution in [1.29, 1.82) is 0 Å². The first-order valence-electron chi connectivity index (χ1n) is 15.8. The summed E-state index contributed by atoms with van der Waals surface area (Å²) < 4.78 is 8.42. The number of halogens is 1. The molecule has 46 heavy (non-hydrogen) atoms. The molecule has 1 N–H and O–H groups in total. The third-order valence-electron chi connectivity index (χ3n) is 9.15. The summed E-state index contributed by atoms with van der Waals surface area (Å²) in [4.78, 5) is 44.9.